The van der Waals surface area contributed by atoms with Crippen molar-refractivity contribution in [1.82, 2.24) is 0 Å². The maximum absolute atomic E-state index is 12.9. The Morgan fingerprint density at radius 3 is 2.66 bits per heavy atom. The summed E-state index contributed by atoms with van der Waals surface area (Å²) in [6.45, 7) is 4.21. The number of benzene rings is 2. The average Bonchev–Trinajstić information content (AvgIpc) is 3.17. The van der Waals surface area contributed by atoms with Gasteiger partial charge in [-0.2, -0.15) is 0 Å². The molecule has 2 aromatic carbocycles. The van der Waals surface area contributed by atoms with E-state index in [1.807, 2.05) is 49.4 Å². The van der Waals surface area contributed by atoms with Gasteiger partial charge in [0, 0.05) is 17.7 Å². The Kier molecular flexibility index (Phi) is 9.03. The number of ether oxygens (including phenoxy) is 1. The van der Waals surface area contributed by atoms with E-state index >= 15 is 0 Å². The molecule has 0 aliphatic carbocycles. The van der Waals surface area contributed by atoms with Crippen LogP contribution >= 0.6 is 11.8 Å². The number of hydrogen-bond donors (Lipinski definition) is 1. The van der Waals surface area contributed by atoms with E-state index in [1.165, 1.54) is 25.7 Å². The number of nitrogens with zero attached hydrogens (tertiary/aromatic N) is 1. The third-order valence-electron chi connectivity index (χ3n) is 5.72. The number of methoxy groups -OCH3 is 1. The molecule has 1 aliphatic rings. The molecule has 1 atom stereocenters. The van der Waals surface area contributed by atoms with Crippen molar-refractivity contribution in [3.05, 3.63) is 53.6 Å². The first kappa shape index (κ1) is 24.2. The number of amides is 2. The number of unbranched alkanes of at least 4 members (excludes halogenated alkanes) is 5. The Bertz CT molecular complexity index is 931. The lowest BCUT2D eigenvalue weighted by Crippen LogP contribution is -2.29. The number of rotatable bonds is 11. The maximum Gasteiger partial charge on any atom is 0.238 e. The third-order valence-corrected chi connectivity index (χ3v) is 6.91. The quantitative estimate of drug-likeness (QED) is 0.395. The number of anilines is 2. The minimum Gasteiger partial charge on any atom is -0.495 e. The molecular formula is C26H34N2O3S. The largest absolute Gasteiger partial charge is 0.495 e. The predicted octanol–water partition coefficient (Wildman–Crippen LogP) is 6.47. The van der Waals surface area contributed by atoms with Crippen LogP contribution in [-0.4, -0.2) is 24.7 Å². The SMILES string of the molecule is CCCCCCCCC(=O)Nc1ccccc1C1SCC(=O)N1c1cc(C)ccc1OC. The van der Waals surface area contributed by atoms with Gasteiger partial charge in [0.05, 0.1) is 18.6 Å². The highest BCUT2D eigenvalue weighted by Crippen LogP contribution is 2.46. The summed E-state index contributed by atoms with van der Waals surface area (Å²) in [5, 5.41) is 2.88. The van der Waals surface area contributed by atoms with Gasteiger partial charge in [-0.05, 0) is 37.1 Å². The van der Waals surface area contributed by atoms with Crippen molar-refractivity contribution >= 4 is 35.0 Å². The highest BCUT2D eigenvalue weighted by molar-refractivity contribution is 8.00. The first-order valence-electron chi connectivity index (χ1n) is 11.5. The van der Waals surface area contributed by atoms with E-state index in [0.29, 0.717) is 17.9 Å². The van der Waals surface area contributed by atoms with Crippen molar-refractivity contribution in [2.75, 3.05) is 23.1 Å². The van der Waals surface area contributed by atoms with Crippen LogP contribution in [-0.2, 0) is 9.59 Å². The molecule has 2 aromatic rings. The average molecular weight is 455 g/mol. The van der Waals surface area contributed by atoms with Crippen LogP contribution in [0.25, 0.3) is 0 Å². The second-order valence-electron chi connectivity index (χ2n) is 8.26. The molecule has 0 radical (unpaired) electrons. The normalized spacial score (nSPS) is 15.8. The van der Waals surface area contributed by atoms with Gasteiger partial charge in [-0.15, -0.1) is 11.8 Å². The highest BCUT2D eigenvalue weighted by Gasteiger charge is 2.37. The lowest BCUT2D eigenvalue weighted by Gasteiger charge is -2.27. The van der Waals surface area contributed by atoms with Crippen molar-refractivity contribution in [2.45, 2.75) is 64.2 Å². The molecule has 1 saturated heterocycles. The summed E-state index contributed by atoms with van der Waals surface area (Å²) < 4.78 is 5.55. The fourth-order valence-electron chi connectivity index (χ4n) is 4.01. The van der Waals surface area contributed by atoms with Gasteiger partial charge in [0.1, 0.15) is 11.1 Å². The number of nitrogens with one attached hydrogen (secondary N) is 1. The first-order chi connectivity index (χ1) is 15.5. The number of carbonyl (C=O) groups excluding carboxylic acids is 2. The van der Waals surface area contributed by atoms with Crippen LogP contribution in [0.5, 0.6) is 5.75 Å². The van der Waals surface area contributed by atoms with Crippen LogP contribution < -0.4 is 15.0 Å². The minimum atomic E-state index is -0.219. The van der Waals surface area contributed by atoms with Crippen molar-refractivity contribution in [3.63, 3.8) is 0 Å². The van der Waals surface area contributed by atoms with Gasteiger partial charge in [0.25, 0.3) is 0 Å². The predicted molar refractivity (Wildman–Crippen MR) is 133 cm³/mol. The number of carbonyl (C=O) groups is 2. The van der Waals surface area contributed by atoms with Gasteiger partial charge in [0.2, 0.25) is 11.8 Å². The summed E-state index contributed by atoms with van der Waals surface area (Å²) in [4.78, 5) is 27.3. The summed E-state index contributed by atoms with van der Waals surface area (Å²) in [6.07, 6.45) is 7.43. The summed E-state index contributed by atoms with van der Waals surface area (Å²) in [5.41, 5.74) is 3.53. The Labute approximate surface area is 195 Å². The molecule has 0 spiro atoms. The standard InChI is InChI=1S/C26H34N2O3S/c1-4-5-6-7-8-9-14-24(29)27-21-13-11-10-12-20(21)26-28(25(30)18-32-26)22-17-19(2)15-16-23(22)31-3/h10-13,15-17,26H,4-9,14,18H2,1-3H3,(H,27,29). The van der Waals surface area contributed by atoms with E-state index in [2.05, 4.69) is 12.2 Å². The molecule has 6 heteroatoms. The third kappa shape index (κ3) is 6.06. The maximum atomic E-state index is 12.9. The van der Waals surface area contributed by atoms with E-state index in [9.17, 15) is 9.59 Å². The van der Waals surface area contributed by atoms with Crippen LogP contribution in [0.4, 0.5) is 11.4 Å². The Morgan fingerprint density at radius 2 is 1.88 bits per heavy atom. The molecule has 172 valence electrons. The van der Waals surface area contributed by atoms with Crippen LogP contribution in [0.15, 0.2) is 42.5 Å². The Morgan fingerprint density at radius 1 is 1.12 bits per heavy atom. The number of para-hydroxylation sites is 1. The smallest absolute Gasteiger partial charge is 0.238 e. The van der Waals surface area contributed by atoms with Crippen LogP contribution in [0.1, 0.15) is 68.4 Å². The molecule has 1 N–H and O–H groups in total. The molecule has 0 saturated carbocycles. The highest BCUT2D eigenvalue weighted by atomic mass is 32.2. The van der Waals surface area contributed by atoms with E-state index in [4.69, 9.17) is 4.74 Å². The molecule has 1 heterocycles. The first-order valence-corrected chi connectivity index (χ1v) is 12.6. The molecular weight excluding hydrogens is 420 g/mol. The summed E-state index contributed by atoms with van der Waals surface area (Å²) >= 11 is 1.57. The van der Waals surface area contributed by atoms with Crippen molar-refractivity contribution in [3.8, 4) is 5.75 Å². The summed E-state index contributed by atoms with van der Waals surface area (Å²) in [6, 6.07) is 13.6. The van der Waals surface area contributed by atoms with E-state index in [1.54, 1.807) is 23.8 Å². The van der Waals surface area contributed by atoms with Crippen LogP contribution in [0.3, 0.4) is 0 Å². The van der Waals surface area contributed by atoms with Gasteiger partial charge in [-0.25, -0.2) is 0 Å². The number of thioether (sulfide) groups is 1. The zero-order valence-electron chi connectivity index (χ0n) is 19.4. The van der Waals surface area contributed by atoms with E-state index < -0.39 is 0 Å². The molecule has 1 fully saturated rings. The van der Waals surface area contributed by atoms with Gasteiger partial charge in [-0.3, -0.25) is 14.5 Å². The van der Waals surface area contributed by atoms with Gasteiger partial charge in [0.15, 0.2) is 0 Å². The van der Waals surface area contributed by atoms with E-state index in [0.717, 1.165) is 35.3 Å². The molecule has 1 aliphatic heterocycles. The zero-order valence-corrected chi connectivity index (χ0v) is 20.2. The topological polar surface area (TPSA) is 58.6 Å². The number of hydrogen-bond acceptors (Lipinski definition) is 4. The molecule has 5 nitrogen and oxygen atoms in total. The summed E-state index contributed by atoms with van der Waals surface area (Å²) in [7, 11) is 1.62. The Balaban J connectivity index is 1.75. The fourth-order valence-corrected chi connectivity index (χ4v) is 5.21. The molecule has 2 amide bonds. The molecule has 0 bridgehead atoms. The van der Waals surface area contributed by atoms with Crippen molar-refractivity contribution in [2.24, 2.45) is 0 Å². The summed E-state index contributed by atoms with van der Waals surface area (Å²) in [5.74, 6) is 1.13. The second-order valence-corrected chi connectivity index (χ2v) is 9.32. The fraction of sp³-hybridized carbons (Fsp3) is 0.462. The Hall–Kier alpha value is -2.47. The minimum absolute atomic E-state index is 0.0296. The van der Waals surface area contributed by atoms with Crippen molar-refractivity contribution in [1.29, 1.82) is 0 Å². The van der Waals surface area contributed by atoms with Crippen LogP contribution in [0.2, 0.25) is 0 Å². The molecule has 0 aromatic heterocycles. The second kappa shape index (κ2) is 12.0. The molecule has 32 heavy (non-hydrogen) atoms. The lowest BCUT2D eigenvalue weighted by molar-refractivity contribution is -0.116. The van der Waals surface area contributed by atoms with E-state index in [-0.39, 0.29) is 17.2 Å². The van der Waals surface area contributed by atoms with Crippen LogP contribution in [0, 0.1) is 6.92 Å². The van der Waals surface area contributed by atoms with Gasteiger partial charge >= 0.3 is 0 Å². The monoisotopic (exact) mass is 454 g/mol. The van der Waals surface area contributed by atoms with Crippen molar-refractivity contribution < 1.29 is 14.3 Å². The lowest BCUT2D eigenvalue weighted by atomic mass is 10.1. The molecule has 1 unspecified atom stereocenters. The molecule has 3 rings (SSSR count). The number of aryl methyl sites for hydroxylation is 1. The zero-order chi connectivity index (χ0) is 22.9. The van der Waals surface area contributed by atoms with Gasteiger partial charge < -0.3 is 10.1 Å². The van der Waals surface area contributed by atoms with Gasteiger partial charge in [-0.1, -0.05) is 63.3 Å².